The van der Waals surface area contributed by atoms with Crippen LogP contribution in [0.15, 0.2) is 42.9 Å². The average molecular weight is 254 g/mol. The molecule has 6 heteroatoms. The van der Waals surface area contributed by atoms with Crippen LogP contribution in [0.3, 0.4) is 0 Å². The molecule has 3 aromatic rings. The molecule has 0 unspecified atom stereocenters. The molecule has 2 N–H and O–H groups in total. The molecule has 0 amide bonds. The molecule has 96 valence electrons. The number of aromatic nitrogens is 5. The van der Waals surface area contributed by atoms with E-state index in [2.05, 4.69) is 15.2 Å². The van der Waals surface area contributed by atoms with Crippen molar-refractivity contribution in [2.24, 2.45) is 7.05 Å². The number of hydrogen-bond donors (Lipinski definition) is 1. The van der Waals surface area contributed by atoms with Gasteiger partial charge in [-0.15, -0.1) is 0 Å². The van der Waals surface area contributed by atoms with E-state index in [1.807, 2.05) is 43.6 Å². The number of anilines is 1. The second-order valence-electron chi connectivity index (χ2n) is 4.37. The summed E-state index contributed by atoms with van der Waals surface area (Å²) >= 11 is 0. The molecule has 0 aliphatic rings. The maximum atomic E-state index is 5.75. The minimum atomic E-state index is 0.607. The van der Waals surface area contributed by atoms with Crippen LogP contribution in [0.1, 0.15) is 5.69 Å². The van der Waals surface area contributed by atoms with Crippen molar-refractivity contribution in [1.82, 2.24) is 24.5 Å². The summed E-state index contributed by atoms with van der Waals surface area (Å²) in [5.74, 6) is 0.670. The average Bonchev–Trinajstić information content (AvgIpc) is 2.99. The molecular weight excluding hydrogens is 240 g/mol. The summed E-state index contributed by atoms with van der Waals surface area (Å²) < 4.78 is 3.53. The zero-order chi connectivity index (χ0) is 13.2. The number of nitrogens with zero attached hydrogens (tertiary/aromatic N) is 5. The number of rotatable bonds is 3. The zero-order valence-corrected chi connectivity index (χ0v) is 10.6. The molecule has 0 spiro atoms. The van der Waals surface area contributed by atoms with Crippen LogP contribution in [0.25, 0.3) is 11.4 Å². The molecule has 0 saturated heterocycles. The van der Waals surface area contributed by atoms with Gasteiger partial charge in [-0.05, 0) is 18.2 Å². The first-order valence-electron chi connectivity index (χ1n) is 5.94. The Hall–Kier alpha value is -2.63. The monoisotopic (exact) mass is 254 g/mol. The lowest BCUT2D eigenvalue weighted by Gasteiger charge is -1.98. The normalized spacial score (nSPS) is 10.8. The number of hydrogen-bond acceptors (Lipinski definition) is 4. The number of aryl methyl sites for hydroxylation is 1. The quantitative estimate of drug-likeness (QED) is 0.715. The fraction of sp³-hybridized carbons (Fsp3) is 0.154. The first kappa shape index (κ1) is 11.5. The van der Waals surface area contributed by atoms with Crippen molar-refractivity contribution in [3.05, 3.63) is 48.5 Å². The van der Waals surface area contributed by atoms with E-state index in [0.29, 0.717) is 18.1 Å². The topological polar surface area (TPSA) is 74.5 Å². The van der Waals surface area contributed by atoms with Gasteiger partial charge in [-0.2, -0.15) is 10.2 Å². The number of nitrogen functional groups attached to an aromatic ring is 1. The Morgan fingerprint density at radius 2 is 2.11 bits per heavy atom. The van der Waals surface area contributed by atoms with Crippen LogP contribution in [0.4, 0.5) is 5.69 Å². The van der Waals surface area contributed by atoms with Gasteiger partial charge in [0, 0.05) is 24.5 Å². The molecule has 2 heterocycles. The van der Waals surface area contributed by atoms with Gasteiger partial charge in [0.1, 0.15) is 6.33 Å². The van der Waals surface area contributed by atoms with Gasteiger partial charge < -0.3 is 5.73 Å². The summed E-state index contributed by atoms with van der Waals surface area (Å²) in [7, 11) is 1.89. The minimum absolute atomic E-state index is 0.607. The summed E-state index contributed by atoms with van der Waals surface area (Å²) in [4.78, 5) is 4.29. The third kappa shape index (κ3) is 2.47. The van der Waals surface area contributed by atoms with E-state index in [9.17, 15) is 0 Å². The van der Waals surface area contributed by atoms with Crippen molar-refractivity contribution in [2.75, 3.05) is 5.73 Å². The molecule has 0 atom stereocenters. The predicted molar refractivity (Wildman–Crippen MR) is 72.2 cm³/mol. The fourth-order valence-corrected chi connectivity index (χ4v) is 1.89. The highest BCUT2D eigenvalue weighted by atomic mass is 15.3. The van der Waals surface area contributed by atoms with Gasteiger partial charge in [-0.25, -0.2) is 9.67 Å². The maximum absolute atomic E-state index is 5.75. The SMILES string of the molecule is Cn1ccc(Cn2cnc(-c3cccc(N)c3)n2)n1. The first-order chi connectivity index (χ1) is 9.20. The van der Waals surface area contributed by atoms with Crippen molar-refractivity contribution in [3.63, 3.8) is 0 Å². The van der Waals surface area contributed by atoms with Crippen molar-refractivity contribution in [2.45, 2.75) is 6.54 Å². The van der Waals surface area contributed by atoms with Crippen LogP contribution in [-0.2, 0) is 13.6 Å². The van der Waals surface area contributed by atoms with Crippen molar-refractivity contribution in [1.29, 1.82) is 0 Å². The van der Waals surface area contributed by atoms with Crippen molar-refractivity contribution in [3.8, 4) is 11.4 Å². The standard InChI is InChI=1S/C13H14N6/c1-18-6-5-12(16-18)8-19-9-15-13(17-19)10-3-2-4-11(14)7-10/h2-7,9H,8,14H2,1H3. The smallest absolute Gasteiger partial charge is 0.181 e. The number of nitrogens with two attached hydrogens (primary N) is 1. The summed E-state index contributed by atoms with van der Waals surface area (Å²) in [5.41, 5.74) is 8.33. The van der Waals surface area contributed by atoms with Crippen LogP contribution in [0, 0.1) is 0 Å². The largest absolute Gasteiger partial charge is 0.399 e. The molecule has 19 heavy (non-hydrogen) atoms. The highest BCUT2D eigenvalue weighted by molar-refractivity contribution is 5.60. The van der Waals surface area contributed by atoms with Gasteiger partial charge in [0.15, 0.2) is 5.82 Å². The molecule has 0 saturated carbocycles. The Labute approximate surface area is 110 Å². The van der Waals surface area contributed by atoms with Crippen LogP contribution in [0.2, 0.25) is 0 Å². The van der Waals surface area contributed by atoms with Crippen LogP contribution < -0.4 is 5.73 Å². The Bertz CT molecular complexity index is 696. The van der Waals surface area contributed by atoms with E-state index in [1.54, 1.807) is 15.7 Å². The summed E-state index contributed by atoms with van der Waals surface area (Å²) in [6, 6.07) is 9.50. The highest BCUT2D eigenvalue weighted by Gasteiger charge is 2.06. The Balaban J connectivity index is 1.83. The number of benzene rings is 1. The highest BCUT2D eigenvalue weighted by Crippen LogP contribution is 2.17. The fourth-order valence-electron chi connectivity index (χ4n) is 1.89. The van der Waals surface area contributed by atoms with Gasteiger partial charge in [-0.3, -0.25) is 4.68 Å². The summed E-state index contributed by atoms with van der Waals surface area (Å²) in [6.07, 6.45) is 3.61. The van der Waals surface area contributed by atoms with Gasteiger partial charge in [0.2, 0.25) is 0 Å². The first-order valence-corrected chi connectivity index (χ1v) is 5.94. The van der Waals surface area contributed by atoms with Crippen LogP contribution >= 0.6 is 0 Å². The molecule has 0 radical (unpaired) electrons. The van der Waals surface area contributed by atoms with Gasteiger partial charge in [-0.1, -0.05) is 12.1 Å². The predicted octanol–water partition coefficient (Wildman–Crippen LogP) is 1.31. The third-order valence-electron chi connectivity index (χ3n) is 2.77. The lowest BCUT2D eigenvalue weighted by Crippen LogP contribution is -2.02. The second-order valence-corrected chi connectivity index (χ2v) is 4.37. The van der Waals surface area contributed by atoms with Gasteiger partial charge in [0.05, 0.1) is 12.2 Å². The van der Waals surface area contributed by atoms with Gasteiger partial charge in [0.25, 0.3) is 0 Å². The van der Waals surface area contributed by atoms with E-state index in [0.717, 1.165) is 11.3 Å². The van der Waals surface area contributed by atoms with Crippen LogP contribution in [-0.4, -0.2) is 24.5 Å². The Morgan fingerprint density at radius 3 is 2.84 bits per heavy atom. The molecule has 2 aromatic heterocycles. The molecule has 1 aromatic carbocycles. The van der Waals surface area contributed by atoms with Crippen LogP contribution in [0.5, 0.6) is 0 Å². The molecule has 0 aliphatic heterocycles. The Morgan fingerprint density at radius 1 is 1.21 bits per heavy atom. The van der Waals surface area contributed by atoms with E-state index in [-0.39, 0.29) is 0 Å². The van der Waals surface area contributed by atoms with Gasteiger partial charge >= 0.3 is 0 Å². The summed E-state index contributed by atoms with van der Waals surface area (Å²) in [6.45, 7) is 0.607. The van der Waals surface area contributed by atoms with Crippen molar-refractivity contribution < 1.29 is 0 Å². The third-order valence-corrected chi connectivity index (χ3v) is 2.77. The maximum Gasteiger partial charge on any atom is 0.181 e. The lowest BCUT2D eigenvalue weighted by atomic mass is 10.2. The molecule has 3 rings (SSSR count). The molecule has 0 aliphatic carbocycles. The van der Waals surface area contributed by atoms with E-state index in [1.165, 1.54) is 0 Å². The molecule has 6 nitrogen and oxygen atoms in total. The van der Waals surface area contributed by atoms with E-state index in [4.69, 9.17) is 5.73 Å². The Kier molecular flexibility index (Phi) is 2.75. The molecule has 0 bridgehead atoms. The van der Waals surface area contributed by atoms with Crippen molar-refractivity contribution >= 4 is 5.69 Å². The zero-order valence-electron chi connectivity index (χ0n) is 10.6. The second kappa shape index (κ2) is 4.56. The summed E-state index contributed by atoms with van der Waals surface area (Å²) in [5, 5.41) is 8.74. The molecule has 0 fully saturated rings. The van der Waals surface area contributed by atoms with E-state index >= 15 is 0 Å². The van der Waals surface area contributed by atoms with E-state index < -0.39 is 0 Å². The lowest BCUT2D eigenvalue weighted by molar-refractivity contribution is 0.650. The molecular formula is C13H14N6. The minimum Gasteiger partial charge on any atom is -0.399 e.